The summed E-state index contributed by atoms with van der Waals surface area (Å²) in [6.07, 6.45) is -0.437. The van der Waals surface area contributed by atoms with Gasteiger partial charge in [-0.25, -0.2) is 4.68 Å². The largest absolute Gasteiger partial charge is 0.573 e. The van der Waals surface area contributed by atoms with Gasteiger partial charge in [0.2, 0.25) is 11.1 Å². The molecule has 27 heavy (non-hydrogen) atoms. The van der Waals surface area contributed by atoms with Gasteiger partial charge in [-0.05, 0) is 54.5 Å². The van der Waals surface area contributed by atoms with Gasteiger partial charge in [-0.2, -0.15) is 0 Å². The number of carbonyl (C=O) groups excluding carboxylic acids is 1. The Morgan fingerprint density at radius 1 is 1.30 bits per heavy atom. The highest BCUT2D eigenvalue weighted by Crippen LogP contribution is 2.32. The number of amides is 1. The number of nitrogens with one attached hydrogen (secondary N) is 1. The maximum absolute atomic E-state index is 12.4. The molecule has 1 aliphatic carbocycles. The van der Waals surface area contributed by atoms with E-state index in [1.54, 1.807) is 11.6 Å². The second kappa shape index (κ2) is 8.15. The Bertz CT molecular complexity index is 775. The minimum atomic E-state index is -4.75. The molecule has 1 heterocycles. The summed E-state index contributed by atoms with van der Waals surface area (Å²) in [5.41, 5.74) is 0.373. The molecule has 1 aromatic carbocycles. The number of aromatic nitrogens is 4. The second-order valence-electron chi connectivity index (χ2n) is 6.17. The zero-order chi connectivity index (χ0) is 19.4. The number of rotatable bonds is 6. The molecule has 1 atom stereocenters. The zero-order valence-electron chi connectivity index (χ0n) is 14.4. The average molecular weight is 401 g/mol. The first-order valence-corrected chi connectivity index (χ1v) is 9.31. The molecular formula is C16H18F3N5O2S. The molecule has 1 N–H and O–H groups in total. The van der Waals surface area contributed by atoms with E-state index in [1.807, 2.05) is 0 Å². The van der Waals surface area contributed by atoms with Gasteiger partial charge in [-0.1, -0.05) is 24.6 Å². The Hall–Kier alpha value is -2.30. The molecule has 1 amide bonds. The van der Waals surface area contributed by atoms with Crippen LogP contribution in [0.2, 0.25) is 0 Å². The van der Waals surface area contributed by atoms with E-state index >= 15 is 0 Å². The Labute approximate surface area is 157 Å². The SMILES string of the molecule is CC(Sc1nnnn1C1CCCC1)C(=O)Nc1ccc(OC(F)(F)F)cc1. The van der Waals surface area contributed by atoms with Gasteiger partial charge in [0.25, 0.3) is 0 Å². The highest BCUT2D eigenvalue weighted by atomic mass is 32.2. The lowest BCUT2D eigenvalue weighted by Crippen LogP contribution is -2.23. The number of nitrogens with zero attached hydrogens (tertiary/aromatic N) is 4. The zero-order valence-corrected chi connectivity index (χ0v) is 15.3. The molecule has 1 unspecified atom stereocenters. The Kier molecular flexibility index (Phi) is 5.88. The lowest BCUT2D eigenvalue weighted by Gasteiger charge is -2.14. The van der Waals surface area contributed by atoms with Crippen LogP contribution < -0.4 is 10.1 Å². The van der Waals surface area contributed by atoms with Crippen LogP contribution in [0.3, 0.4) is 0 Å². The van der Waals surface area contributed by atoms with Crippen molar-refractivity contribution in [3.05, 3.63) is 24.3 Å². The van der Waals surface area contributed by atoms with Crippen molar-refractivity contribution in [1.29, 1.82) is 0 Å². The summed E-state index contributed by atoms with van der Waals surface area (Å²) in [5.74, 6) is -0.649. The number of hydrogen-bond donors (Lipinski definition) is 1. The van der Waals surface area contributed by atoms with E-state index < -0.39 is 11.6 Å². The minimum Gasteiger partial charge on any atom is -0.406 e. The second-order valence-corrected chi connectivity index (χ2v) is 7.47. The fourth-order valence-corrected chi connectivity index (χ4v) is 3.70. The van der Waals surface area contributed by atoms with Gasteiger partial charge in [0.15, 0.2) is 0 Å². The maximum atomic E-state index is 12.4. The number of halogens is 3. The van der Waals surface area contributed by atoms with E-state index in [9.17, 15) is 18.0 Å². The summed E-state index contributed by atoms with van der Waals surface area (Å²) >= 11 is 1.24. The first-order chi connectivity index (χ1) is 12.8. The monoisotopic (exact) mass is 401 g/mol. The van der Waals surface area contributed by atoms with Crippen molar-refractivity contribution in [3.63, 3.8) is 0 Å². The van der Waals surface area contributed by atoms with Crippen LogP contribution >= 0.6 is 11.8 Å². The fourth-order valence-electron chi connectivity index (χ4n) is 2.84. The van der Waals surface area contributed by atoms with Gasteiger partial charge in [-0.3, -0.25) is 4.79 Å². The molecule has 1 aromatic heterocycles. The number of ether oxygens (including phenoxy) is 1. The molecule has 0 spiro atoms. The normalized spacial score (nSPS) is 16.3. The first kappa shape index (κ1) is 19.5. The number of anilines is 1. The van der Waals surface area contributed by atoms with Gasteiger partial charge in [0.05, 0.1) is 11.3 Å². The predicted octanol–water partition coefficient (Wildman–Crippen LogP) is 3.81. The molecule has 1 fully saturated rings. The molecule has 11 heteroatoms. The van der Waals surface area contributed by atoms with Gasteiger partial charge >= 0.3 is 6.36 Å². The summed E-state index contributed by atoms with van der Waals surface area (Å²) in [4.78, 5) is 12.4. The van der Waals surface area contributed by atoms with Crippen LogP contribution in [0.5, 0.6) is 5.75 Å². The number of tetrazole rings is 1. The third kappa shape index (κ3) is 5.34. The van der Waals surface area contributed by atoms with Crippen molar-refractivity contribution in [2.45, 2.75) is 55.4 Å². The molecule has 0 radical (unpaired) electrons. The predicted molar refractivity (Wildman–Crippen MR) is 92.4 cm³/mol. The molecular weight excluding hydrogens is 383 g/mol. The first-order valence-electron chi connectivity index (χ1n) is 8.43. The third-order valence-electron chi connectivity index (χ3n) is 4.14. The average Bonchev–Trinajstić information content (AvgIpc) is 3.26. The lowest BCUT2D eigenvalue weighted by molar-refractivity contribution is -0.274. The van der Waals surface area contributed by atoms with Crippen molar-refractivity contribution in [3.8, 4) is 5.75 Å². The number of benzene rings is 1. The molecule has 146 valence electrons. The molecule has 3 rings (SSSR count). The highest BCUT2D eigenvalue weighted by Gasteiger charge is 2.31. The summed E-state index contributed by atoms with van der Waals surface area (Å²) < 4.78 is 42.1. The van der Waals surface area contributed by atoms with E-state index in [2.05, 4.69) is 25.6 Å². The van der Waals surface area contributed by atoms with Crippen LogP contribution in [0.25, 0.3) is 0 Å². The van der Waals surface area contributed by atoms with Crippen molar-refractivity contribution in [2.75, 3.05) is 5.32 Å². The van der Waals surface area contributed by atoms with Gasteiger partial charge in [0.1, 0.15) is 5.75 Å². The van der Waals surface area contributed by atoms with Crippen LogP contribution in [0.15, 0.2) is 29.4 Å². The Balaban J connectivity index is 1.57. The standard InChI is InChI=1S/C16H18F3N5O2S/c1-10(27-15-21-22-23-24(15)12-4-2-3-5-12)14(25)20-11-6-8-13(9-7-11)26-16(17,18)19/h6-10,12H,2-5H2,1H3,(H,20,25). The van der Waals surface area contributed by atoms with Crippen molar-refractivity contribution < 1.29 is 22.7 Å². The Morgan fingerprint density at radius 3 is 2.59 bits per heavy atom. The van der Waals surface area contributed by atoms with Crippen LogP contribution in [0.4, 0.5) is 18.9 Å². The van der Waals surface area contributed by atoms with Gasteiger partial charge in [0, 0.05) is 5.69 Å². The smallest absolute Gasteiger partial charge is 0.406 e. The van der Waals surface area contributed by atoms with Crippen LogP contribution in [-0.2, 0) is 4.79 Å². The fraction of sp³-hybridized carbons (Fsp3) is 0.500. The van der Waals surface area contributed by atoms with Gasteiger partial charge < -0.3 is 10.1 Å². The Morgan fingerprint density at radius 2 is 1.96 bits per heavy atom. The third-order valence-corrected chi connectivity index (χ3v) is 5.19. The van der Waals surface area contributed by atoms with E-state index in [4.69, 9.17) is 0 Å². The summed E-state index contributed by atoms with van der Waals surface area (Å²) in [7, 11) is 0. The molecule has 7 nitrogen and oxygen atoms in total. The van der Waals surface area contributed by atoms with Crippen LogP contribution in [0.1, 0.15) is 38.6 Å². The quantitative estimate of drug-likeness (QED) is 0.742. The topological polar surface area (TPSA) is 81.9 Å². The van der Waals surface area contributed by atoms with Crippen molar-refractivity contribution in [1.82, 2.24) is 20.2 Å². The number of carbonyl (C=O) groups is 1. The van der Waals surface area contributed by atoms with Crippen LogP contribution in [-0.4, -0.2) is 37.7 Å². The number of alkyl halides is 3. The molecule has 2 aromatic rings. The summed E-state index contributed by atoms with van der Waals surface area (Å²) in [5, 5.41) is 14.5. The lowest BCUT2D eigenvalue weighted by atomic mass is 10.3. The number of thioether (sulfide) groups is 1. The van der Waals surface area contributed by atoms with E-state index in [1.165, 1.54) is 23.9 Å². The molecule has 0 saturated heterocycles. The van der Waals surface area contributed by atoms with Crippen LogP contribution in [0, 0.1) is 0 Å². The van der Waals surface area contributed by atoms with E-state index in [-0.39, 0.29) is 17.7 Å². The van der Waals surface area contributed by atoms with Crippen molar-refractivity contribution >= 4 is 23.4 Å². The molecule has 0 aliphatic heterocycles. The van der Waals surface area contributed by atoms with Crippen molar-refractivity contribution in [2.24, 2.45) is 0 Å². The number of hydrogen-bond acceptors (Lipinski definition) is 6. The van der Waals surface area contributed by atoms with E-state index in [0.717, 1.165) is 37.8 Å². The molecule has 0 bridgehead atoms. The maximum Gasteiger partial charge on any atom is 0.573 e. The summed E-state index contributed by atoms with van der Waals surface area (Å²) in [6.45, 7) is 1.72. The molecule has 1 aliphatic rings. The molecule has 1 saturated carbocycles. The highest BCUT2D eigenvalue weighted by molar-refractivity contribution is 8.00. The minimum absolute atomic E-state index is 0.263. The van der Waals surface area contributed by atoms with Gasteiger partial charge in [-0.15, -0.1) is 18.3 Å². The summed E-state index contributed by atoms with van der Waals surface area (Å²) in [6, 6.07) is 5.24. The van der Waals surface area contributed by atoms with E-state index in [0.29, 0.717) is 10.8 Å².